The average Bonchev–Trinajstić information content (AvgIpc) is 3.07. The molecule has 2 aromatic heterocycles. The minimum Gasteiger partial charge on any atom is -0.465 e. The highest BCUT2D eigenvalue weighted by atomic mass is 16.5. The summed E-state index contributed by atoms with van der Waals surface area (Å²) in [5.41, 5.74) is 3.68. The van der Waals surface area contributed by atoms with Crippen LogP contribution in [0.5, 0.6) is 0 Å². The van der Waals surface area contributed by atoms with Crippen LogP contribution in [-0.2, 0) is 27.4 Å². The van der Waals surface area contributed by atoms with Crippen molar-refractivity contribution in [2.24, 2.45) is 0 Å². The molecule has 1 aliphatic rings. The first-order chi connectivity index (χ1) is 11.9. The van der Waals surface area contributed by atoms with Crippen LogP contribution in [0.15, 0.2) is 6.20 Å². The van der Waals surface area contributed by atoms with Gasteiger partial charge < -0.3 is 10.1 Å². The van der Waals surface area contributed by atoms with E-state index in [4.69, 9.17) is 4.74 Å². The smallest absolute Gasteiger partial charge is 0.327 e. The van der Waals surface area contributed by atoms with E-state index in [2.05, 4.69) is 15.5 Å². The molecule has 25 heavy (non-hydrogen) atoms. The van der Waals surface area contributed by atoms with Gasteiger partial charge in [-0.1, -0.05) is 0 Å². The number of rotatable bonds is 5. The SMILES string of the molecule is CCOC(=O)Cn1nc(C)c2c1NC(=O)CC2c1cn(CC)nc1C. The van der Waals surface area contributed by atoms with Crippen molar-refractivity contribution in [3.05, 3.63) is 28.7 Å². The molecule has 2 aromatic rings. The second kappa shape index (κ2) is 6.70. The third-order valence-corrected chi connectivity index (χ3v) is 4.44. The summed E-state index contributed by atoms with van der Waals surface area (Å²) >= 11 is 0. The van der Waals surface area contributed by atoms with Crippen molar-refractivity contribution < 1.29 is 14.3 Å². The summed E-state index contributed by atoms with van der Waals surface area (Å²) in [5.74, 6) is 0.000704. The molecule has 3 rings (SSSR count). The maximum Gasteiger partial charge on any atom is 0.327 e. The van der Waals surface area contributed by atoms with Crippen LogP contribution in [0.1, 0.15) is 48.7 Å². The van der Waals surface area contributed by atoms with Crippen molar-refractivity contribution in [1.82, 2.24) is 19.6 Å². The number of anilines is 1. The summed E-state index contributed by atoms with van der Waals surface area (Å²) in [7, 11) is 0. The van der Waals surface area contributed by atoms with Crippen LogP contribution in [0.3, 0.4) is 0 Å². The molecule has 1 N–H and O–H groups in total. The van der Waals surface area contributed by atoms with E-state index < -0.39 is 0 Å². The van der Waals surface area contributed by atoms with Crippen LogP contribution in [0.25, 0.3) is 0 Å². The van der Waals surface area contributed by atoms with Gasteiger partial charge in [-0.05, 0) is 27.7 Å². The van der Waals surface area contributed by atoms with Gasteiger partial charge in [-0.2, -0.15) is 10.2 Å². The quantitative estimate of drug-likeness (QED) is 0.834. The molecule has 0 aliphatic carbocycles. The fourth-order valence-corrected chi connectivity index (χ4v) is 3.36. The Labute approximate surface area is 146 Å². The number of hydrogen-bond acceptors (Lipinski definition) is 5. The molecule has 0 spiro atoms. The standard InChI is InChI=1S/C17H23N5O3/c1-5-21-8-13(10(3)19-21)12-7-14(23)18-17-16(12)11(4)20-22(17)9-15(24)25-6-2/h8,12H,5-7,9H2,1-4H3,(H,18,23). The Morgan fingerprint density at radius 3 is 2.72 bits per heavy atom. The Bertz CT molecular complexity index is 821. The third-order valence-electron chi connectivity index (χ3n) is 4.44. The molecule has 0 fully saturated rings. The monoisotopic (exact) mass is 345 g/mol. The maximum atomic E-state index is 12.3. The maximum absolute atomic E-state index is 12.3. The van der Waals surface area contributed by atoms with E-state index in [1.807, 2.05) is 31.6 Å². The number of carbonyl (C=O) groups excluding carboxylic acids is 2. The largest absolute Gasteiger partial charge is 0.465 e. The van der Waals surface area contributed by atoms with E-state index in [1.165, 1.54) is 4.68 Å². The zero-order chi connectivity index (χ0) is 18.1. The zero-order valence-electron chi connectivity index (χ0n) is 15.0. The summed E-state index contributed by atoms with van der Waals surface area (Å²) in [6.45, 7) is 8.69. The normalized spacial score (nSPS) is 16.5. The lowest BCUT2D eigenvalue weighted by Crippen LogP contribution is -2.26. The van der Waals surface area contributed by atoms with Crippen molar-refractivity contribution >= 4 is 17.7 Å². The Morgan fingerprint density at radius 1 is 1.32 bits per heavy atom. The Balaban J connectivity index is 2.03. The van der Waals surface area contributed by atoms with Crippen LogP contribution in [0.2, 0.25) is 0 Å². The summed E-state index contributed by atoms with van der Waals surface area (Å²) in [5, 5.41) is 11.8. The Morgan fingerprint density at radius 2 is 2.08 bits per heavy atom. The minimum atomic E-state index is -0.376. The summed E-state index contributed by atoms with van der Waals surface area (Å²) in [6, 6.07) is 0. The molecule has 0 saturated heterocycles. The minimum absolute atomic E-state index is 0.0236. The Kier molecular flexibility index (Phi) is 4.61. The number of nitrogens with zero attached hydrogens (tertiary/aromatic N) is 4. The number of fused-ring (bicyclic) bond motifs is 1. The molecule has 1 unspecified atom stereocenters. The molecule has 0 bridgehead atoms. The van der Waals surface area contributed by atoms with Crippen molar-refractivity contribution in [3.8, 4) is 0 Å². The van der Waals surface area contributed by atoms with Crippen LogP contribution in [-0.4, -0.2) is 38.0 Å². The first kappa shape index (κ1) is 17.2. The molecular formula is C17H23N5O3. The first-order valence-electron chi connectivity index (χ1n) is 8.51. The summed E-state index contributed by atoms with van der Waals surface area (Å²) in [4.78, 5) is 24.1. The Hall–Kier alpha value is -2.64. The van der Waals surface area contributed by atoms with Gasteiger partial charge in [0, 0.05) is 36.2 Å². The summed E-state index contributed by atoms with van der Waals surface area (Å²) < 4.78 is 8.39. The fraction of sp³-hybridized carbons (Fsp3) is 0.529. The second-order valence-electron chi connectivity index (χ2n) is 6.14. The van der Waals surface area contributed by atoms with Crippen molar-refractivity contribution in [2.45, 2.75) is 53.1 Å². The van der Waals surface area contributed by atoms with Crippen LogP contribution >= 0.6 is 0 Å². The highest BCUT2D eigenvalue weighted by Gasteiger charge is 2.34. The van der Waals surface area contributed by atoms with Gasteiger partial charge in [0.15, 0.2) is 0 Å². The lowest BCUT2D eigenvalue weighted by molar-refractivity contribution is -0.144. The molecule has 0 aromatic carbocycles. The van der Waals surface area contributed by atoms with E-state index >= 15 is 0 Å². The molecule has 1 atom stereocenters. The van der Waals surface area contributed by atoms with E-state index in [-0.39, 0.29) is 24.3 Å². The number of esters is 1. The molecule has 8 heteroatoms. The van der Waals surface area contributed by atoms with Gasteiger partial charge in [0.05, 0.1) is 18.0 Å². The molecule has 134 valence electrons. The zero-order valence-corrected chi connectivity index (χ0v) is 15.0. The van der Waals surface area contributed by atoms with Gasteiger partial charge in [-0.3, -0.25) is 14.3 Å². The predicted octanol–water partition coefficient (Wildman–Crippen LogP) is 1.75. The van der Waals surface area contributed by atoms with Crippen molar-refractivity contribution in [2.75, 3.05) is 11.9 Å². The number of ether oxygens (including phenoxy) is 1. The molecular weight excluding hydrogens is 322 g/mol. The van der Waals surface area contributed by atoms with E-state index in [0.717, 1.165) is 29.1 Å². The topological polar surface area (TPSA) is 91.0 Å². The molecule has 8 nitrogen and oxygen atoms in total. The predicted molar refractivity (Wildman–Crippen MR) is 91.3 cm³/mol. The number of nitrogens with one attached hydrogen (secondary N) is 1. The van der Waals surface area contributed by atoms with Crippen LogP contribution in [0.4, 0.5) is 5.82 Å². The number of carbonyl (C=O) groups is 2. The highest BCUT2D eigenvalue weighted by molar-refractivity contribution is 5.95. The number of hydrogen-bond donors (Lipinski definition) is 1. The highest BCUT2D eigenvalue weighted by Crippen LogP contribution is 2.40. The van der Waals surface area contributed by atoms with Crippen molar-refractivity contribution in [3.63, 3.8) is 0 Å². The van der Waals surface area contributed by atoms with E-state index in [1.54, 1.807) is 6.92 Å². The van der Waals surface area contributed by atoms with Crippen LogP contribution in [0, 0.1) is 13.8 Å². The van der Waals surface area contributed by atoms with Crippen molar-refractivity contribution in [1.29, 1.82) is 0 Å². The van der Waals surface area contributed by atoms with Crippen LogP contribution < -0.4 is 5.32 Å². The molecule has 1 amide bonds. The number of aryl methyl sites for hydroxylation is 3. The van der Waals surface area contributed by atoms with Gasteiger partial charge in [0.1, 0.15) is 12.4 Å². The van der Waals surface area contributed by atoms with E-state index in [9.17, 15) is 9.59 Å². The van der Waals surface area contributed by atoms with Gasteiger partial charge in [-0.15, -0.1) is 0 Å². The molecule has 0 radical (unpaired) electrons. The molecule has 0 saturated carbocycles. The second-order valence-corrected chi connectivity index (χ2v) is 6.14. The van der Waals surface area contributed by atoms with Gasteiger partial charge in [-0.25, -0.2) is 4.68 Å². The lowest BCUT2D eigenvalue weighted by atomic mass is 9.86. The third kappa shape index (κ3) is 3.16. The van der Waals surface area contributed by atoms with Gasteiger partial charge in [0.2, 0.25) is 5.91 Å². The molecule has 1 aliphatic heterocycles. The van der Waals surface area contributed by atoms with Gasteiger partial charge in [0.25, 0.3) is 0 Å². The first-order valence-corrected chi connectivity index (χ1v) is 8.51. The van der Waals surface area contributed by atoms with E-state index in [0.29, 0.717) is 18.8 Å². The molecule has 3 heterocycles. The summed E-state index contributed by atoms with van der Waals surface area (Å²) in [6.07, 6.45) is 2.33. The fourth-order valence-electron chi connectivity index (χ4n) is 3.36. The number of amides is 1. The average molecular weight is 345 g/mol. The van der Waals surface area contributed by atoms with Gasteiger partial charge >= 0.3 is 5.97 Å². The lowest BCUT2D eigenvalue weighted by Gasteiger charge is -2.23. The number of aromatic nitrogens is 4.